The minimum absolute atomic E-state index is 0.0754. The average Bonchev–Trinajstić information content (AvgIpc) is 2.53. The third kappa shape index (κ3) is 5.96. The molecule has 0 aromatic heterocycles. The molecular formula is C16H14F3N3O2S. The summed E-state index contributed by atoms with van der Waals surface area (Å²) < 4.78 is 40.0. The first-order chi connectivity index (χ1) is 11.7. The number of hydrogen-bond donors (Lipinski definition) is 3. The Morgan fingerprint density at radius 3 is 2.28 bits per heavy atom. The van der Waals surface area contributed by atoms with Crippen molar-refractivity contribution in [3.63, 3.8) is 0 Å². The number of hydrogen-bond acceptors (Lipinski definition) is 3. The van der Waals surface area contributed by atoms with E-state index in [1.54, 1.807) is 25.1 Å². The summed E-state index contributed by atoms with van der Waals surface area (Å²) in [6, 6.07) is 12.0. The van der Waals surface area contributed by atoms with E-state index >= 15 is 0 Å². The van der Waals surface area contributed by atoms with Crippen molar-refractivity contribution in [2.75, 3.05) is 5.32 Å². The van der Waals surface area contributed by atoms with E-state index in [4.69, 9.17) is 12.2 Å². The van der Waals surface area contributed by atoms with E-state index in [0.29, 0.717) is 11.3 Å². The van der Waals surface area contributed by atoms with Crippen molar-refractivity contribution in [1.29, 1.82) is 0 Å². The summed E-state index contributed by atoms with van der Waals surface area (Å²) in [5, 5.41) is 2.80. The highest BCUT2D eigenvalue weighted by atomic mass is 32.1. The second kappa shape index (κ2) is 7.84. The molecule has 2 rings (SSSR count). The summed E-state index contributed by atoms with van der Waals surface area (Å²) in [7, 11) is 0. The summed E-state index contributed by atoms with van der Waals surface area (Å²) in [6.07, 6.45) is -4.74. The maximum Gasteiger partial charge on any atom is 0.573 e. The highest BCUT2D eigenvalue weighted by Crippen LogP contribution is 2.23. The highest BCUT2D eigenvalue weighted by Gasteiger charge is 2.30. The zero-order valence-corrected chi connectivity index (χ0v) is 13.8. The second-order valence-electron chi connectivity index (χ2n) is 4.92. The van der Waals surface area contributed by atoms with Gasteiger partial charge in [0, 0.05) is 11.3 Å². The molecule has 0 radical (unpaired) electrons. The van der Waals surface area contributed by atoms with Crippen molar-refractivity contribution in [3.8, 4) is 5.75 Å². The van der Waals surface area contributed by atoms with Crippen LogP contribution in [0.1, 0.15) is 15.9 Å². The summed E-state index contributed by atoms with van der Waals surface area (Å²) in [6.45, 7) is 1.80. The van der Waals surface area contributed by atoms with Crippen LogP contribution in [-0.2, 0) is 0 Å². The average molecular weight is 369 g/mol. The molecule has 2 aromatic rings. The van der Waals surface area contributed by atoms with E-state index in [-0.39, 0.29) is 16.8 Å². The number of carbonyl (C=O) groups is 1. The van der Waals surface area contributed by atoms with Crippen molar-refractivity contribution >= 4 is 28.9 Å². The van der Waals surface area contributed by atoms with Crippen LogP contribution in [0.3, 0.4) is 0 Å². The number of halogens is 3. The van der Waals surface area contributed by atoms with Crippen LogP contribution in [0, 0.1) is 6.92 Å². The second-order valence-corrected chi connectivity index (χ2v) is 5.33. The largest absolute Gasteiger partial charge is 0.573 e. The Kier molecular flexibility index (Phi) is 5.81. The molecule has 0 saturated carbocycles. The van der Waals surface area contributed by atoms with Crippen molar-refractivity contribution in [1.82, 2.24) is 10.9 Å². The molecule has 5 nitrogen and oxygen atoms in total. The van der Waals surface area contributed by atoms with Gasteiger partial charge in [0.05, 0.1) is 0 Å². The van der Waals surface area contributed by atoms with E-state index in [1.165, 1.54) is 12.1 Å². The molecule has 1 amide bonds. The Hall–Kier alpha value is -2.81. The number of ether oxygens (including phenoxy) is 1. The SMILES string of the molecule is Cc1ccccc1C(=O)NNC(=S)Nc1ccc(OC(F)(F)F)cc1. The minimum Gasteiger partial charge on any atom is -0.406 e. The van der Waals surface area contributed by atoms with Crippen LogP contribution in [0.15, 0.2) is 48.5 Å². The third-order valence-corrected chi connectivity index (χ3v) is 3.23. The molecule has 9 heteroatoms. The zero-order valence-electron chi connectivity index (χ0n) is 13.0. The van der Waals surface area contributed by atoms with Gasteiger partial charge in [0.1, 0.15) is 5.75 Å². The number of aryl methyl sites for hydroxylation is 1. The Balaban J connectivity index is 1.86. The topological polar surface area (TPSA) is 62.4 Å². The lowest BCUT2D eigenvalue weighted by Crippen LogP contribution is -2.43. The third-order valence-electron chi connectivity index (χ3n) is 3.03. The summed E-state index contributed by atoms with van der Waals surface area (Å²) in [5.41, 5.74) is 6.68. The number of thiocarbonyl (C=S) groups is 1. The maximum absolute atomic E-state index is 12.1. The van der Waals surface area contributed by atoms with Crippen LogP contribution in [0.5, 0.6) is 5.75 Å². The Bertz CT molecular complexity index is 764. The van der Waals surface area contributed by atoms with Gasteiger partial charge in [-0.3, -0.25) is 15.6 Å². The van der Waals surface area contributed by atoms with E-state index in [1.807, 2.05) is 6.07 Å². The molecule has 0 atom stereocenters. The number of hydrazine groups is 1. The van der Waals surface area contributed by atoms with E-state index in [9.17, 15) is 18.0 Å². The van der Waals surface area contributed by atoms with Crippen LogP contribution in [-0.4, -0.2) is 17.4 Å². The first-order valence-electron chi connectivity index (χ1n) is 7.03. The molecule has 0 spiro atoms. The van der Waals surface area contributed by atoms with Crippen LogP contribution in [0.25, 0.3) is 0 Å². The minimum atomic E-state index is -4.74. The molecule has 132 valence electrons. The number of benzene rings is 2. The number of rotatable bonds is 3. The van der Waals surface area contributed by atoms with Crippen LogP contribution in [0.4, 0.5) is 18.9 Å². The standard InChI is InChI=1S/C16H14F3N3O2S/c1-10-4-2-3-5-13(10)14(23)21-22-15(25)20-11-6-8-12(9-7-11)24-16(17,18)19/h2-9H,1H3,(H,21,23)(H2,20,22,25). The number of nitrogens with one attached hydrogen (secondary N) is 3. The predicted octanol–water partition coefficient (Wildman–Crippen LogP) is 3.53. The molecule has 0 aliphatic heterocycles. The van der Waals surface area contributed by atoms with Gasteiger partial charge in [-0.15, -0.1) is 13.2 Å². The molecule has 2 aromatic carbocycles. The monoisotopic (exact) mass is 369 g/mol. The predicted molar refractivity (Wildman–Crippen MR) is 91.1 cm³/mol. The van der Waals surface area contributed by atoms with Gasteiger partial charge in [0.2, 0.25) is 0 Å². The van der Waals surface area contributed by atoms with E-state index in [0.717, 1.165) is 17.7 Å². The maximum atomic E-state index is 12.1. The van der Waals surface area contributed by atoms with E-state index in [2.05, 4.69) is 20.9 Å². The van der Waals surface area contributed by atoms with Gasteiger partial charge in [-0.05, 0) is 55.0 Å². The fourth-order valence-corrected chi connectivity index (χ4v) is 2.08. The number of carbonyl (C=O) groups excluding carboxylic acids is 1. The van der Waals surface area contributed by atoms with Crippen LogP contribution < -0.4 is 20.9 Å². The molecular weight excluding hydrogens is 355 g/mol. The molecule has 25 heavy (non-hydrogen) atoms. The molecule has 3 N–H and O–H groups in total. The van der Waals surface area contributed by atoms with Gasteiger partial charge in [0.25, 0.3) is 5.91 Å². The van der Waals surface area contributed by atoms with Gasteiger partial charge in [-0.2, -0.15) is 0 Å². The molecule has 0 fully saturated rings. The molecule has 0 aliphatic carbocycles. The molecule has 0 unspecified atom stereocenters. The van der Waals surface area contributed by atoms with Gasteiger partial charge < -0.3 is 10.1 Å². The number of amides is 1. The Morgan fingerprint density at radius 1 is 1.04 bits per heavy atom. The number of anilines is 1. The summed E-state index contributed by atoms with van der Waals surface area (Å²) in [4.78, 5) is 12.0. The smallest absolute Gasteiger partial charge is 0.406 e. The molecule has 0 aliphatic rings. The lowest BCUT2D eigenvalue weighted by atomic mass is 10.1. The fourth-order valence-electron chi connectivity index (χ4n) is 1.91. The Labute approximate surface area is 147 Å². The molecule has 0 bridgehead atoms. The van der Waals surface area contributed by atoms with Crippen molar-refractivity contribution in [2.45, 2.75) is 13.3 Å². The van der Waals surface area contributed by atoms with Crippen LogP contribution in [0.2, 0.25) is 0 Å². The van der Waals surface area contributed by atoms with Crippen LogP contribution >= 0.6 is 12.2 Å². The van der Waals surface area contributed by atoms with Crippen molar-refractivity contribution in [3.05, 3.63) is 59.7 Å². The van der Waals surface area contributed by atoms with Gasteiger partial charge in [0.15, 0.2) is 5.11 Å². The molecule has 0 heterocycles. The summed E-state index contributed by atoms with van der Waals surface area (Å²) in [5.74, 6) is -0.707. The number of alkyl halides is 3. The van der Waals surface area contributed by atoms with Gasteiger partial charge in [-0.1, -0.05) is 18.2 Å². The zero-order chi connectivity index (χ0) is 18.4. The highest BCUT2D eigenvalue weighted by molar-refractivity contribution is 7.80. The molecule has 0 saturated heterocycles. The van der Waals surface area contributed by atoms with Gasteiger partial charge in [-0.25, -0.2) is 0 Å². The van der Waals surface area contributed by atoms with Gasteiger partial charge >= 0.3 is 6.36 Å². The van der Waals surface area contributed by atoms with Crippen molar-refractivity contribution < 1.29 is 22.7 Å². The summed E-state index contributed by atoms with van der Waals surface area (Å²) >= 11 is 5.01. The normalized spacial score (nSPS) is 10.7. The lowest BCUT2D eigenvalue weighted by molar-refractivity contribution is -0.274. The quantitative estimate of drug-likeness (QED) is 0.571. The first kappa shape index (κ1) is 18.5. The van der Waals surface area contributed by atoms with Crippen molar-refractivity contribution in [2.24, 2.45) is 0 Å². The fraction of sp³-hybridized carbons (Fsp3) is 0.125. The van der Waals surface area contributed by atoms with E-state index < -0.39 is 6.36 Å². The lowest BCUT2D eigenvalue weighted by Gasteiger charge is -2.13. The Morgan fingerprint density at radius 2 is 1.68 bits per heavy atom. The first-order valence-corrected chi connectivity index (χ1v) is 7.44.